The molecule has 1 rings (SSSR count). The van der Waals surface area contributed by atoms with Crippen LogP contribution in [0.25, 0.3) is 0 Å². The normalized spacial score (nSPS) is 9.70. The summed E-state index contributed by atoms with van der Waals surface area (Å²) in [7, 11) is 3.65. The van der Waals surface area contributed by atoms with Crippen LogP contribution in [0, 0.1) is 0 Å². The number of urea groups is 1. The maximum absolute atomic E-state index is 11.7. The third-order valence-electron chi connectivity index (χ3n) is 2.72. The molecule has 0 spiro atoms. The Bertz CT molecular complexity index is 608. The molecule has 2 N–H and O–H groups in total. The highest BCUT2D eigenvalue weighted by molar-refractivity contribution is 5.96. The molecule has 2 amide bonds. The number of methoxy groups -OCH3 is 2. The first-order valence-electron chi connectivity index (χ1n) is 6.31. The Balaban J connectivity index is 3.05. The third-order valence-corrected chi connectivity index (χ3v) is 2.72. The molecule has 0 aliphatic rings. The van der Waals surface area contributed by atoms with Crippen LogP contribution in [0.2, 0.25) is 0 Å². The molecular weight excluding hydrogens is 308 g/mol. The molecule has 0 fully saturated rings. The van der Waals surface area contributed by atoms with E-state index in [1.165, 1.54) is 39.5 Å². The standard InChI is InChI=1S/C14H16N2O7/c1-16(14(15)20)7-11(17)23-10-5-8(12(18)21-2)4-9(6-10)13(19)22-3/h4-6H,7H2,1-3H3,(H2,15,20). The zero-order valence-corrected chi connectivity index (χ0v) is 12.8. The summed E-state index contributed by atoms with van der Waals surface area (Å²) in [5, 5.41) is 0. The van der Waals surface area contributed by atoms with Crippen molar-refractivity contribution in [2.45, 2.75) is 0 Å². The lowest BCUT2D eigenvalue weighted by Gasteiger charge is -2.13. The molecule has 0 saturated carbocycles. The predicted molar refractivity (Wildman–Crippen MR) is 77.0 cm³/mol. The summed E-state index contributed by atoms with van der Waals surface area (Å²) in [5.41, 5.74) is 5.00. The van der Waals surface area contributed by atoms with Gasteiger partial charge in [0.1, 0.15) is 12.3 Å². The van der Waals surface area contributed by atoms with Crippen LogP contribution in [0.1, 0.15) is 20.7 Å². The van der Waals surface area contributed by atoms with Crippen LogP contribution in [0.15, 0.2) is 18.2 Å². The van der Waals surface area contributed by atoms with E-state index < -0.39 is 30.5 Å². The summed E-state index contributed by atoms with van der Waals surface area (Å²) in [5.74, 6) is -2.31. The van der Waals surface area contributed by atoms with Gasteiger partial charge in [0.05, 0.1) is 25.3 Å². The highest BCUT2D eigenvalue weighted by Gasteiger charge is 2.17. The van der Waals surface area contributed by atoms with Crippen LogP contribution in [-0.4, -0.2) is 56.7 Å². The number of rotatable bonds is 5. The van der Waals surface area contributed by atoms with Crippen molar-refractivity contribution in [1.82, 2.24) is 4.90 Å². The number of carbonyl (C=O) groups is 4. The molecule has 1 aromatic rings. The number of nitrogens with zero attached hydrogens (tertiary/aromatic N) is 1. The SMILES string of the molecule is COC(=O)c1cc(OC(=O)CN(C)C(N)=O)cc(C(=O)OC)c1. The average Bonchev–Trinajstić information content (AvgIpc) is 2.52. The molecule has 0 saturated heterocycles. The van der Waals surface area contributed by atoms with Gasteiger partial charge in [-0.25, -0.2) is 19.2 Å². The first kappa shape index (κ1) is 18.0. The van der Waals surface area contributed by atoms with E-state index in [0.29, 0.717) is 0 Å². The van der Waals surface area contributed by atoms with Gasteiger partial charge in [-0.1, -0.05) is 0 Å². The van der Waals surface area contributed by atoms with E-state index in [2.05, 4.69) is 9.47 Å². The fourth-order valence-corrected chi connectivity index (χ4v) is 1.56. The molecule has 0 radical (unpaired) electrons. The second-order valence-electron chi connectivity index (χ2n) is 4.40. The Hall–Kier alpha value is -3.10. The number of likely N-dealkylation sites (N-methyl/N-ethyl adjacent to an activating group) is 1. The molecule has 124 valence electrons. The van der Waals surface area contributed by atoms with E-state index in [1.54, 1.807) is 0 Å². The van der Waals surface area contributed by atoms with Crippen LogP contribution < -0.4 is 10.5 Å². The summed E-state index contributed by atoms with van der Waals surface area (Å²) in [4.78, 5) is 46.7. The second-order valence-corrected chi connectivity index (χ2v) is 4.40. The third kappa shape index (κ3) is 4.99. The lowest BCUT2D eigenvalue weighted by Crippen LogP contribution is -2.37. The highest BCUT2D eigenvalue weighted by Crippen LogP contribution is 2.19. The van der Waals surface area contributed by atoms with Crippen LogP contribution in [0.5, 0.6) is 5.75 Å². The van der Waals surface area contributed by atoms with Crippen LogP contribution >= 0.6 is 0 Å². The first-order valence-corrected chi connectivity index (χ1v) is 6.31. The Morgan fingerprint density at radius 3 is 1.87 bits per heavy atom. The molecular formula is C14H16N2O7. The van der Waals surface area contributed by atoms with Gasteiger partial charge < -0.3 is 24.8 Å². The van der Waals surface area contributed by atoms with E-state index in [0.717, 1.165) is 4.90 Å². The number of primary amides is 1. The van der Waals surface area contributed by atoms with Crippen molar-refractivity contribution in [1.29, 1.82) is 0 Å². The summed E-state index contributed by atoms with van der Waals surface area (Å²) in [6, 6.07) is 2.88. The van der Waals surface area contributed by atoms with Gasteiger partial charge in [0.15, 0.2) is 0 Å². The number of hydrogen-bond donors (Lipinski definition) is 1. The molecule has 0 aliphatic heterocycles. The Morgan fingerprint density at radius 2 is 1.48 bits per heavy atom. The topological polar surface area (TPSA) is 125 Å². The van der Waals surface area contributed by atoms with Gasteiger partial charge in [-0.3, -0.25) is 0 Å². The summed E-state index contributed by atoms with van der Waals surface area (Å²) >= 11 is 0. The Labute approximate surface area is 131 Å². The summed E-state index contributed by atoms with van der Waals surface area (Å²) in [6.45, 7) is -0.397. The fraction of sp³-hybridized carbons (Fsp3) is 0.286. The van der Waals surface area contributed by atoms with Crippen molar-refractivity contribution in [3.8, 4) is 5.75 Å². The van der Waals surface area contributed by atoms with Crippen molar-refractivity contribution >= 4 is 23.9 Å². The number of benzene rings is 1. The molecule has 0 atom stereocenters. The number of hydrogen-bond acceptors (Lipinski definition) is 7. The number of ether oxygens (including phenoxy) is 3. The molecule has 0 bridgehead atoms. The maximum Gasteiger partial charge on any atom is 0.338 e. The van der Waals surface area contributed by atoms with Crippen LogP contribution in [0.4, 0.5) is 4.79 Å². The quantitative estimate of drug-likeness (QED) is 0.604. The van der Waals surface area contributed by atoms with E-state index >= 15 is 0 Å². The fourth-order valence-electron chi connectivity index (χ4n) is 1.56. The Morgan fingerprint density at radius 1 is 1.00 bits per heavy atom. The molecule has 0 aromatic heterocycles. The highest BCUT2D eigenvalue weighted by atomic mass is 16.5. The van der Waals surface area contributed by atoms with Crippen LogP contribution in [0.3, 0.4) is 0 Å². The van der Waals surface area contributed by atoms with Crippen molar-refractivity contribution in [2.24, 2.45) is 5.73 Å². The minimum atomic E-state index is -0.805. The Kier molecular flexibility index (Phi) is 6.07. The molecule has 0 unspecified atom stereocenters. The number of amides is 2. The monoisotopic (exact) mass is 324 g/mol. The van der Waals surface area contributed by atoms with Crippen molar-refractivity contribution in [3.05, 3.63) is 29.3 Å². The number of nitrogens with two attached hydrogens (primary N) is 1. The van der Waals surface area contributed by atoms with Gasteiger partial charge in [-0.15, -0.1) is 0 Å². The smallest absolute Gasteiger partial charge is 0.338 e. The van der Waals surface area contributed by atoms with Gasteiger partial charge in [0, 0.05) is 7.05 Å². The van der Waals surface area contributed by atoms with E-state index in [1.807, 2.05) is 0 Å². The second kappa shape index (κ2) is 7.78. The van der Waals surface area contributed by atoms with Gasteiger partial charge in [-0.05, 0) is 18.2 Å². The van der Waals surface area contributed by atoms with Gasteiger partial charge in [0.2, 0.25) is 0 Å². The van der Waals surface area contributed by atoms with E-state index in [4.69, 9.17) is 10.5 Å². The van der Waals surface area contributed by atoms with Crippen molar-refractivity contribution in [3.63, 3.8) is 0 Å². The van der Waals surface area contributed by atoms with Gasteiger partial charge in [-0.2, -0.15) is 0 Å². The zero-order valence-electron chi connectivity index (χ0n) is 12.8. The maximum atomic E-state index is 11.7. The van der Waals surface area contributed by atoms with E-state index in [9.17, 15) is 19.2 Å². The summed E-state index contributed by atoms with van der Waals surface area (Å²) < 4.78 is 14.1. The molecule has 1 aromatic carbocycles. The lowest BCUT2D eigenvalue weighted by atomic mass is 10.1. The minimum absolute atomic E-state index is 0.00135. The predicted octanol–water partition coefficient (Wildman–Crippen LogP) is 0.176. The first-order chi connectivity index (χ1) is 10.8. The van der Waals surface area contributed by atoms with Crippen LogP contribution in [-0.2, 0) is 14.3 Å². The molecule has 9 heteroatoms. The molecule has 23 heavy (non-hydrogen) atoms. The van der Waals surface area contributed by atoms with Crippen molar-refractivity contribution in [2.75, 3.05) is 27.8 Å². The zero-order chi connectivity index (χ0) is 17.6. The largest absolute Gasteiger partial charge is 0.465 e. The lowest BCUT2D eigenvalue weighted by molar-refractivity contribution is -0.134. The minimum Gasteiger partial charge on any atom is -0.465 e. The number of carbonyl (C=O) groups excluding carboxylic acids is 4. The molecule has 9 nitrogen and oxygen atoms in total. The number of esters is 3. The van der Waals surface area contributed by atoms with E-state index in [-0.39, 0.29) is 16.9 Å². The average molecular weight is 324 g/mol. The van der Waals surface area contributed by atoms with Gasteiger partial charge in [0.25, 0.3) is 0 Å². The molecule has 0 aliphatic carbocycles. The van der Waals surface area contributed by atoms with Gasteiger partial charge >= 0.3 is 23.9 Å². The molecule has 0 heterocycles. The summed E-state index contributed by atoms with van der Waals surface area (Å²) in [6.07, 6.45) is 0. The van der Waals surface area contributed by atoms with Crippen molar-refractivity contribution < 1.29 is 33.4 Å².